The third-order valence-corrected chi connectivity index (χ3v) is 9.17. The fourth-order valence-corrected chi connectivity index (χ4v) is 6.69. The second-order valence-corrected chi connectivity index (χ2v) is 12.3. The topological polar surface area (TPSA) is 0 Å². The van der Waals surface area contributed by atoms with E-state index >= 15 is 0 Å². The van der Waals surface area contributed by atoms with Crippen molar-refractivity contribution in [3.05, 3.63) is 171 Å². The Labute approximate surface area is 304 Å². The molecule has 0 aliphatic rings. The van der Waals surface area contributed by atoms with Crippen molar-refractivity contribution in [3.63, 3.8) is 0 Å². The minimum absolute atomic E-state index is 0. The Morgan fingerprint density at radius 2 is 1.06 bits per heavy atom. The van der Waals surface area contributed by atoms with E-state index in [0.29, 0.717) is 5.92 Å². The number of aryl methyl sites for hydroxylation is 2. The van der Waals surface area contributed by atoms with Gasteiger partial charge in [-0.05, 0) is 45.0 Å². The van der Waals surface area contributed by atoms with Crippen molar-refractivity contribution in [2.45, 2.75) is 40.0 Å². The van der Waals surface area contributed by atoms with E-state index in [9.17, 15) is 0 Å². The van der Waals surface area contributed by atoms with E-state index in [2.05, 4.69) is 174 Å². The van der Waals surface area contributed by atoms with E-state index in [0.717, 1.165) is 6.42 Å². The van der Waals surface area contributed by atoms with Crippen LogP contribution in [-0.2, 0) is 29.8 Å². The molecular formula is C46H44SiZr-4. The molecule has 0 spiro atoms. The van der Waals surface area contributed by atoms with Crippen LogP contribution in [0.3, 0.4) is 0 Å². The van der Waals surface area contributed by atoms with Crippen LogP contribution in [0.1, 0.15) is 43.4 Å². The number of fused-ring (bicyclic) bond motifs is 4. The van der Waals surface area contributed by atoms with Gasteiger partial charge in [0.1, 0.15) is 0 Å². The molecule has 0 aliphatic heterocycles. The first-order chi connectivity index (χ1) is 22.5. The summed E-state index contributed by atoms with van der Waals surface area (Å²) in [5.74, 6) is 0.563. The van der Waals surface area contributed by atoms with Crippen molar-refractivity contribution in [2.75, 3.05) is 0 Å². The molecule has 0 N–H and O–H groups in total. The summed E-state index contributed by atoms with van der Waals surface area (Å²) in [6.07, 6.45) is 1.09. The Hall–Kier alpha value is -3.84. The molecule has 0 bridgehead atoms. The number of hydrogen-bond donors (Lipinski definition) is 0. The van der Waals surface area contributed by atoms with Crippen LogP contribution in [0.2, 0.25) is 0 Å². The van der Waals surface area contributed by atoms with Crippen LogP contribution in [0.4, 0.5) is 0 Å². The van der Waals surface area contributed by atoms with Crippen molar-refractivity contribution in [3.8, 4) is 22.3 Å². The van der Waals surface area contributed by atoms with Crippen molar-refractivity contribution in [1.29, 1.82) is 0 Å². The van der Waals surface area contributed by atoms with Gasteiger partial charge in [-0.3, -0.25) is 0 Å². The molecule has 48 heavy (non-hydrogen) atoms. The van der Waals surface area contributed by atoms with E-state index < -0.39 is 0 Å². The SMILES string of the molecule is CC(C)c1cc2c(-c3cccc4ccccc34)cccc2[cH-]1.CCc1cc2c(-c3cccc4ccccc34)ccc(C)c2[cH-]1.[CH3-].[CH3-].[Si]=[Zr]. The molecule has 8 rings (SSSR count). The Balaban J connectivity index is 0.000000198. The predicted octanol–water partition coefficient (Wildman–Crippen LogP) is 13.3. The molecule has 8 aromatic carbocycles. The molecule has 8 aromatic rings. The summed E-state index contributed by atoms with van der Waals surface area (Å²) in [5, 5.41) is 10.7. The van der Waals surface area contributed by atoms with Gasteiger partial charge in [0.2, 0.25) is 0 Å². The monoisotopic (exact) mass is 714 g/mol. The van der Waals surface area contributed by atoms with Crippen LogP contribution in [0, 0.1) is 21.8 Å². The average Bonchev–Trinajstić information content (AvgIpc) is 3.75. The summed E-state index contributed by atoms with van der Waals surface area (Å²) >= 11 is 1.36. The van der Waals surface area contributed by atoms with Gasteiger partial charge in [0.25, 0.3) is 0 Å². The zero-order chi connectivity index (χ0) is 32.2. The molecule has 0 nitrogen and oxygen atoms in total. The van der Waals surface area contributed by atoms with E-state index in [1.165, 1.54) is 105 Å². The van der Waals surface area contributed by atoms with Gasteiger partial charge in [0.05, 0.1) is 0 Å². The molecule has 0 aliphatic carbocycles. The first-order valence-corrected chi connectivity index (χ1v) is 20.3. The fourth-order valence-electron chi connectivity index (χ4n) is 6.69. The van der Waals surface area contributed by atoms with Crippen LogP contribution >= 0.6 is 0 Å². The summed E-state index contributed by atoms with van der Waals surface area (Å²) in [6, 6.07) is 51.0. The standard InChI is InChI=1S/2C22H19.2CH3.Si.Zr/c1-15(2)18-13-17-9-6-12-21(22(17)14-18)20-11-5-8-16-7-3-4-10-19(16)20;1-3-16-13-21-15(2)11-12-20(22(21)14-16)19-10-6-8-17-7-4-5-9-18(17)19;;;;/h3-15H,1-2H3;4-14H,3H2,1-2H3;2*1H3;;/q4*-1;;. The molecule has 0 aromatic heterocycles. The summed E-state index contributed by atoms with van der Waals surface area (Å²) in [4.78, 5) is 0. The van der Waals surface area contributed by atoms with Gasteiger partial charge in [0.15, 0.2) is 0 Å². The van der Waals surface area contributed by atoms with Gasteiger partial charge < -0.3 is 14.9 Å². The van der Waals surface area contributed by atoms with E-state index in [1.807, 2.05) is 0 Å². The van der Waals surface area contributed by atoms with Gasteiger partial charge >= 0.3 is 30.2 Å². The first-order valence-electron chi connectivity index (χ1n) is 16.1. The normalized spacial score (nSPS) is 10.6. The van der Waals surface area contributed by atoms with Gasteiger partial charge in [-0.15, -0.1) is 68.6 Å². The van der Waals surface area contributed by atoms with Crippen LogP contribution < -0.4 is 0 Å². The zero-order valence-electron chi connectivity index (χ0n) is 29.1. The van der Waals surface area contributed by atoms with Gasteiger partial charge in [-0.2, -0.15) is 12.1 Å². The van der Waals surface area contributed by atoms with Crippen LogP contribution in [0.15, 0.2) is 140 Å². The molecule has 0 heterocycles. The Kier molecular flexibility index (Phi) is 12.7. The molecule has 0 saturated carbocycles. The molecule has 0 amide bonds. The Morgan fingerprint density at radius 3 is 1.62 bits per heavy atom. The molecule has 0 atom stereocenters. The van der Waals surface area contributed by atoms with Crippen LogP contribution in [-0.4, -0.2) is 6.88 Å². The molecular weight excluding hydrogens is 672 g/mol. The van der Waals surface area contributed by atoms with Crippen molar-refractivity contribution in [2.24, 2.45) is 0 Å². The average molecular weight is 716 g/mol. The third-order valence-electron chi connectivity index (χ3n) is 9.17. The quantitative estimate of drug-likeness (QED) is 0.126. The minimum atomic E-state index is 0. The van der Waals surface area contributed by atoms with Crippen molar-refractivity contribution >= 4 is 50.0 Å². The molecule has 0 unspecified atom stereocenters. The number of rotatable bonds is 4. The van der Waals surface area contributed by atoms with Crippen LogP contribution in [0.5, 0.6) is 0 Å². The maximum absolute atomic E-state index is 3.06. The number of benzene rings is 6. The molecule has 2 heteroatoms. The molecule has 2 radical (unpaired) electrons. The van der Waals surface area contributed by atoms with Gasteiger partial charge in [-0.25, -0.2) is 0 Å². The summed E-state index contributed by atoms with van der Waals surface area (Å²) in [6.45, 7) is 12.0. The van der Waals surface area contributed by atoms with E-state index in [1.54, 1.807) is 0 Å². The first kappa shape index (κ1) is 37.0. The third kappa shape index (κ3) is 7.26. The fraction of sp³-hybridized carbons (Fsp3) is 0.130. The molecule has 0 fully saturated rings. The van der Waals surface area contributed by atoms with E-state index in [4.69, 9.17) is 0 Å². The Morgan fingerprint density at radius 1 is 0.562 bits per heavy atom. The number of hydrogen-bond acceptors (Lipinski definition) is 0. The summed E-state index contributed by atoms with van der Waals surface area (Å²) in [5.41, 5.74) is 9.53. The second-order valence-electron chi connectivity index (χ2n) is 12.3. The summed E-state index contributed by atoms with van der Waals surface area (Å²) in [7, 11) is 0. The zero-order valence-corrected chi connectivity index (χ0v) is 32.5. The van der Waals surface area contributed by atoms with Gasteiger partial charge in [-0.1, -0.05) is 136 Å². The summed E-state index contributed by atoms with van der Waals surface area (Å²) < 4.78 is 0. The van der Waals surface area contributed by atoms with E-state index in [-0.39, 0.29) is 14.9 Å². The maximum atomic E-state index is 3.06. The Bertz CT molecular complexity index is 2270. The second kappa shape index (κ2) is 16.5. The van der Waals surface area contributed by atoms with Crippen molar-refractivity contribution < 1.29 is 23.3 Å². The van der Waals surface area contributed by atoms with Crippen LogP contribution in [0.25, 0.3) is 65.3 Å². The predicted molar refractivity (Wildman–Crippen MR) is 212 cm³/mol. The van der Waals surface area contributed by atoms with Crippen molar-refractivity contribution in [1.82, 2.24) is 0 Å². The molecule has 0 saturated heterocycles. The van der Waals surface area contributed by atoms with Gasteiger partial charge in [0, 0.05) is 0 Å². The molecule has 240 valence electrons.